The molecule has 2 atom stereocenters. The number of carboxylic acid groups (broad SMARTS) is 1. The number of amides is 2. The van der Waals surface area contributed by atoms with Gasteiger partial charge in [-0.05, 0) is 36.0 Å². The van der Waals surface area contributed by atoms with E-state index in [1.54, 1.807) is 26.0 Å². The Hall–Kier alpha value is -2.37. The van der Waals surface area contributed by atoms with Crippen LogP contribution in [0.2, 0.25) is 0 Å². The van der Waals surface area contributed by atoms with Gasteiger partial charge in [-0.1, -0.05) is 46.8 Å². The first-order valence-corrected chi connectivity index (χ1v) is 8.38. The van der Waals surface area contributed by atoms with Crippen LogP contribution in [0.15, 0.2) is 24.3 Å². The van der Waals surface area contributed by atoms with E-state index in [0.29, 0.717) is 5.56 Å². The highest BCUT2D eigenvalue weighted by Gasteiger charge is 2.27. The summed E-state index contributed by atoms with van der Waals surface area (Å²) in [6.45, 7) is 11.2. The van der Waals surface area contributed by atoms with Gasteiger partial charge >= 0.3 is 5.97 Å². The number of carbonyl (C=O) groups excluding carboxylic acids is 2. The Morgan fingerprint density at radius 3 is 1.88 bits per heavy atom. The summed E-state index contributed by atoms with van der Waals surface area (Å²) in [7, 11) is 0. The zero-order valence-electron chi connectivity index (χ0n) is 15.7. The lowest BCUT2D eigenvalue weighted by molar-refractivity contribution is -0.141. The van der Waals surface area contributed by atoms with E-state index in [4.69, 9.17) is 5.11 Å². The second kappa shape index (κ2) is 8.14. The monoisotopic (exact) mass is 348 g/mol. The molecule has 0 saturated carbocycles. The molecule has 1 aromatic rings. The molecule has 0 bridgehead atoms. The van der Waals surface area contributed by atoms with Gasteiger partial charge in [-0.2, -0.15) is 0 Å². The highest BCUT2D eigenvalue weighted by Crippen LogP contribution is 2.22. The van der Waals surface area contributed by atoms with Crippen LogP contribution in [0.25, 0.3) is 0 Å². The summed E-state index contributed by atoms with van der Waals surface area (Å²) in [5.41, 5.74) is 1.55. The van der Waals surface area contributed by atoms with Crippen molar-refractivity contribution in [2.24, 2.45) is 5.92 Å². The zero-order valence-corrected chi connectivity index (χ0v) is 15.7. The van der Waals surface area contributed by atoms with Crippen LogP contribution < -0.4 is 10.6 Å². The second-order valence-electron chi connectivity index (χ2n) is 7.59. The van der Waals surface area contributed by atoms with Crippen molar-refractivity contribution < 1.29 is 19.5 Å². The average Bonchev–Trinajstić information content (AvgIpc) is 2.50. The molecule has 0 aliphatic rings. The summed E-state index contributed by atoms with van der Waals surface area (Å²) in [6, 6.07) is 5.42. The lowest BCUT2D eigenvalue weighted by Crippen LogP contribution is -2.53. The summed E-state index contributed by atoms with van der Waals surface area (Å²) >= 11 is 0. The summed E-state index contributed by atoms with van der Waals surface area (Å²) in [5, 5.41) is 14.0. The molecule has 6 heteroatoms. The van der Waals surface area contributed by atoms with E-state index in [1.165, 1.54) is 6.92 Å². The number of hydrogen-bond donors (Lipinski definition) is 3. The first-order chi connectivity index (χ1) is 11.4. The Morgan fingerprint density at radius 2 is 1.48 bits per heavy atom. The van der Waals surface area contributed by atoms with Gasteiger partial charge in [0.2, 0.25) is 5.91 Å². The molecule has 2 amide bonds. The van der Waals surface area contributed by atoms with Crippen LogP contribution in [0.3, 0.4) is 0 Å². The molecule has 3 N–H and O–H groups in total. The summed E-state index contributed by atoms with van der Waals surface area (Å²) in [5.74, 6) is -2.18. The Labute approximate surface area is 149 Å². The topological polar surface area (TPSA) is 95.5 Å². The summed E-state index contributed by atoms with van der Waals surface area (Å²) < 4.78 is 0. The molecule has 0 heterocycles. The molecular weight excluding hydrogens is 320 g/mol. The summed E-state index contributed by atoms with van der Waals surface area (Å²) in [4.78, 5) is 35.6. The van der Waals surface area contributed by atoms with Gasteiger partial charge in [-0.25, -0.2) is 0 Å². The summed E-state index contributed by atoms with van der Waals surface area (Å²) in [6.07, 6.45) is 0. The maximum absolute atomic E-state index is 12.4. The van der Waals surface area contributed by atoms with Crippen LogP contribution in [-0.2, 0) is 15.0 Å². The smallest absolute Gasteiger partial charge is 0.325 e. The SMILES string of the molecule is CC(C)C(NC(=O)c1ccc(C(C)(C)C)cc1)C(=O)N[C@@H](C)C(=O)O. The van der Waals surface area contributed by atoms with Gasteiger partial charge in [-0.15, -0.1) is 0 Å². The fourth-order valence-electron chi connectivity index (χ4n) is 2.25. The first kappa shape index (κ1) is 20.7. The molecule has 0 aliphatic heterocycles. The van der Waals surface area contributed by atoms with Gasteiger partial charge in [0.25, 0.3) is 5.91 Å². The number of nitrogens with one attached hydrogen (secondary N) is 2. The third-order valence-corrected chi connectivity index (χ3v) is 3.98. The van der Waals surface area contributed by atoms with Crippen molar-refractivity contribution in [2.75, 3.05) is 0 Å². The van der Waals surface area contributed by atoms with Crippen molar-refractivity contribution in [1.82, 2.24) is 10.6 Å². The Morgan fingerprint density at radius 1 is 0.960 bits per heavy atom. The van der Waals surface area contributed by atoms with Gasteiger partial charge in [-0.3, -0.25) is 14.4 Å². The number of hydrogen-bond acceptors (Lipinski definition) is 3. The molecule has 0 aliphatic carbocycles. The third-order valence-electron chi connectivity index (χ3n) is 3.98. The third kappa shape index (κ3) is 5.89. The van der Waals surface area contributed by atoms with Crippen molar-refractivity contribution in [3.05, 3.63) is 35.4 Å². The molecular formula is C19H28N2O4. The maximum atomic E-state index is 12.4. The van der Waals surface area contributed by atoms with E-state index in [-0.39, 0.29) is 17.2 Å². The van der Waals surface area contributed by atoms with E-state index >= 15 is 0 Å². The number of aliphatic carboxylic acids is 1. The van der Waals surface area contributed by atoms with Crippen molar-refractivity contribution >= 4 is 17.8 Å². The lowest BCUT2D eigenvalue weighted by atomic mass is 9.86. The number of benzene rings is 1. The minimum absolute atomic E-state index is 0.0116. The second-order valence-corrected chi connectivity index (χ2v) is 7.59. The predicted molar refractivity (Wildman–Crippen MR) is 96.5 cm³/mol. The fourth-order valence-corrected chi connectivity index (χ4v) is 2.25. The van der Waals surface area contributed by atoms with E-state index in [2.05, 4.69) is 31.4 Å². The molecule has 138 valence electrons. The van der Waals surface area contributed by atoms with E-state index in [0.717, 1.165) is 5.56 Å². The van der Waals surface area contributed by atoms with Gasteiger partial charge in [0.05, 0.1) is 0 Å². The molecule has 1 rings (SSSR count). The normalized spacial score (nSPS) is 13.9. The van der Waals surface area contributed by atoms with Crippen LogP contribution in [-0.4, -0.2) is 35.0 Å². The first-order valence-electron chi connectivity index (χ1n) is 8.38. The van der Waals surface area contributed by atoms with E-state index in [9.17, 15) is 14.4 Å². The van der Waals surface area contributed by atoms with Crippen molar-refractivity contribution in [3.8, 4) is 0 Å². The van der Waals surface area contributed by atoms with Gasteiger partial charge in [0, 0.05) is 5.56 Å². The van der Waals surface area contributed by atoms with Crippen molar-refractivity contribution in [3.63, 3.8) is 0 Å². The van der Waals surface area contributed by atoms with Gasteiger partial charge in [0.1, 0.15) is 12.1 Å². The number of rotatable bonds is 6. The molecule has 0 radical (unpaired) electrons. The quantitative estimate of drug-likeness (QED) is 0.735. The van der Waals surface area contributed by atoms with Crippen LogP contribution in [0.1, 0.15) is 57.5 Å². The Bertz CT molecular complexity index is 630. The highest BCUT2D eigenvalue weighted by atomic mass is 16.4. The molecule has 0 saturated heterocycles. The predicted octanol–water partition coefficient (Wildman–Crippen LogP) is 2.33. The average molecular weight is 348 g/mol. The Kier molecular flexibility index (Phi) is 6.73. The largest absolute Gasteiger partial charge is 0.480 e. The standard InChI is InChI=1S/C19H28N2O4/c1-11(2)15(17(23)20-12(3)18(24)25)21-16(22)13-7-9-14(10-8-13)19(4,5)6/h7-12,15H,1-6H3,(H,20,23)(H,21,22)(H,24,25)/t12-,15?/m0/s1. The lowest BCUT2D eigenvalue weighted by Gasteiger charge is -2.23. The van der Waals surface area contributed by atoms with Crippen LogP contribution >= 0.6 is 0 Å². The molecule has 0 fully saturated rings. The van der Waals surface area contributed by atoms with Crippen LogP contribution in [0.4, 0.5) is 0 Å². The fraction of sp³-hybridized carbons (Fsp3) is 0.526. The van der Waals surface area contributed by atoms with Crippen molar-refractivity contribution in [1.29, 1.82) is 0 Å². The minimum atomic E-state index is -1.13. The molecule has 1 aromatic carbocycles. The maximum Gasteiger partial charge on any atom is 0.325 e. The van der Waals surface area contributed by atoms with E-state index < -0.39 is 24.0 Å². The number of carboxylic acids is 1. The van der Waals surface area contributed by atoms with Gasteiger partial charge < -0.3 is 15.7 Å². The molecule has 1 unspecified atom stereocenters. The Balaban J connectivity index is 2.86. The van der Waals surface area contributed by atoms with Crippen molar-refractivity contribution in [2.45, 2.75) is 59.0 Å². The van der Waals surface area contributed by atoms with Crippen LogP contribution in [0, 0.1) is 5.92 Å². The zero-order chi connectivity index (χ0) is 19.4. The highest BCUT2D eigenvalue weighted by molar-refractivity contribution is 5.98. The number of carbonyl (C=O) groups is 3. The van der Waals surface area contributed by atoms with Crippen LogP contribution in [0.5, 0.6) is 0 Å². The molecule has 0 aromatic heterocycles. The molecule has 25 heavy (non-hydrogen) atoms. The van der Waals surface area contributed by atoms with Gasteiger partial charge in [0.15, 0.2) is 0 Å². The molecule has 6 nitrogen and oxygen atoms in total. The minimum Gasteiger partial charge on any atom is -0.480 e. The van der Waals surface area contributed by atoms with E-state index in [1.807, 2.05) is 12.1 Å². The molecule has 0 spiro atoms.